The molecule has 0 saturated carbocycles. The Morgan fingerprint density at radius 3 is 2.20 bits per heavy atom. The number of benzene rings is 2. The van der Waals surface area contributed by atoms with Crippen molar-refractivity contribution in [2.75, 3.05) is 22.4 Å². The van der Waals surface area contributed by atoms with E-state index in [1.807, 2.05) is 12.1 Å². The van der Waals surface area contributed by atoms with Gasteiger partial charge in [-0.15, -0.1) is 0 Å². The van der Waals surface area contributed by atoms with E-state index in [0.717, 1.165) is 14.1 Å². The van der Waals surface area contributed by atoms with Gasteiger partial charge >= 0.3 is 0 Å². The molecule has 2 rings (SSSR count). The van der Waals surface area contributed by atoms with Crippen molar-refractivity contribution in [3.8, 4) is 0 Å². The van der Waals surface area contributed by atoms with Crippen molar-refractivity contribution in [2.24, 2.45) is 0 Å². The molecule has 0 fully saturated rings. The van der Waals surface area contributed by atoms with Gasteiger partial charge in [-0.3, -0.25) is 9.10 Å². The van der Waals surface area contributed by atoms with Crippen molar-refractivity contribution < 1.29 is 13.2 Å². The second-order valence-electron chi connectivity index (χ2n) is 5.04. The Kier molecular flexibility index (Phi) is 6.83. The molecule has 0 atom stereocenters. The standard InChI is InChI=1S/C15H12Cl3IN2O3S/c1-25(23,24)21(14-7-12(17)11(16)6-13(14)18)8-15(22)20-10-4-2-9(19)3-5-10/h2-7H,8H2,1H3,(H,20,22). The molecule has 0 unspecified atom stereocenters. The Morgan fingerprint density at radius 2 is 1.64 bits per heavy atom. The predicted octanol–water partition coefficient (Wildman–Crippen LogP) is 4.66. The number of carbonyl (C=O) groups is 1. The van der Waals surface area contributed by atoms with E-state index in [1.54, 1.807) is 12.1 Å². The summed E-state index contributed by atoms with van der Waals surface area (Å²) in [4.78, 5) is 12.3. The smallest absolute Gasteiger partial charge is 0.245 e. The molecule has 0 aliphatic carbocycles. The van der Waals surface area contributed by atoms with Crippen molar-refractivity contribution >= 4 is 84.7 Å². The van der Waals surface area contributed by atoms with Gasteiger partial charge in [0, 0.05) is 9.26 Å². The van der Waals surface area contributed by atoms with Crippen LogP contribution in [-0.2, 0) is 14.8 Å². The van der Waals surface area contributed by atoms with Gasteiger partial charge < -0.3 is 5.32 Å². The summed E-state index contributed by atoms with van der Waals surface area (Å²) in [6.07, 6.45) is 0.976. The number of hydrogen-bond acceptors (Lipinski definition) is 3. The topological polar surface area (TPSA) is 66.5 Å². The molecule has 134 valence electrons. The summed E-state index contributed by atoms with van der Waals surface area (Å²) in [5.41, 5.74) is 0.635. The van der Waals surface area contributed by atoms with E-state index < -0.39 is 22.5 Å². The molecular formula is C15H12Cl3IN2O3S. The quantitative estimate of drug-likeness (QED) is 0.449. The fraction of sp³-hybridized carbons (Fsp3) is 0.133. The third-order valence-electron chi connectivity index (χ3n) is 3.07. The van der Waals surface area contributed by atoms with Gasteiger partial charge in [0.15, 0.2) is 0 Å². The fourth-order valence-electron chi connectivity index (χ4n) is 1.95. The first-order chi connectivity index (χ1) is 11.6. The lowest BCUT2D eigenvalue weighted by Crippen LogP contribution is -2.37. The summed E-state index contributed by atoms with van der Waals surface area (Å²) in [5, 5.41) is 3.03. The van der Waals surface area contributed by atoms with Crippen molar-refractivity contribution in [1.82, 2.24) is 0 Å². The minimum absolute atomic E-state index is 0.0712. The lowest BCUT2D eigenvalue weighted by molar-refractivity contribution is -0.114. The Hall–Kier alpha value is -0.740. The summed E-state index contributed by atoms with van der Waals surface area (Å²) >= 11 is 20.0. The van der Waals surface area contributed by atoms with E-state index in [4.69, 9.17) is 34.8 Å². The number of sulfonamides is 1. The lowest BCUT2D eigenvalue weighted by Gasteiger charge is -2.23. The van der Waals surface area contributed by atoms with E-state index >= 15 is 0 Å². The van der Waals surface area contributed by atoms with Gasteiger partial charge in [0.2, 0.25) is 15.9 Å². The molecule has 10 heteroatoms. The van der Waals surface area contributed by atoms with Crippen molar-refractivity contribution in [1.29, 1.82) is 0 Å². The van der Waals surface area contributed by atoms with Crippen LogP contribution in [0.25, 0.3) is 0 Å². The van der Waals surface area contributed by atoms with Crippen LogP contribution in [0.2, 0.25) is 15.1 Å². The maximum atomic E-state index is 12.3. The van der Waals surface area contributed by atoms with Crippen LogP contribution in [0.3, 0.4) is 0 Å². The number of nitrogens with zero attached hydrogens (tertiary/aromatic N) is 1. The number of hydrogen-bond donors (Lipinski definition) is 1. The number of nitrogens with one attached hydrogen (secondary N) is 1. The highest BCUT2D eigenvalue weighted by molar-refractivity contribution is 14.1. The van der Waals surface area contributed by atoms with Gasteiger partial charge in [0.25, 0.3) is 0 Å². The molecule has 0 heterocycles. The van der Waals surface area contributed by atoms with Gasteiger partial charge in [0.05, 0.1) is 27.0 Å². The zero-order valence-electron chi connectivity index (χ0n) is 12.8. The van der Waals surface area contributed by atoms with Gasteiger partial charge in [-0.2, -0.15) is 0 Å². The number of halogens is 4. The normalized spacial score (nSPS) is 11.2. The zero-order valence-corrected chi connectivity index (χ0v) is 18.0. The second-order valence-corrected chi connectivity index (χ2v) is 9.42. The number of amides is 1. The van der Waals surface area contributed by atoms with Gasteiger partial charge in [-0.05, 0) is 59.0 Å². The third kappa shape index (κ3) is 5.62. The Bertz CT molecular complexity index is 905. The van der Waals surface area contributed by atoms with Crippen LogP contribution in [0, 0.1) is 3.57 Å². The van der Waals surface area contributed by atoms with Crippen LogP contribution in [-0.4, -0.2) is 27.1 Å². The van der Waals surface area contributed by atoms with E-state index in [9.17, 15) is 13.2 Å². The maximum absolute atomic E-state index is 12.3. The van der Waals surface area contributed by atoms with E-state index in [1.165, 1.54) is 12.1 Å². The lowest BCUT2D eigenvalue weighted by atomic mass is 10.3. The molecule has 5 nitrogen and oxygen atoms in total. The Morgan fingerprint density at radius 1 is 1.08 bits per heavy atom. The molecule has 0 spiro atoms. The molecular weight excluding hydrogens is 522 g/mol. The van der Waals surface area contributed by atoms with Crippen LogP contribution < -0.4 is 9.62 Å². The van der Waals surface area contributed by atoms with E-state index in [-0.39, 0.29) is 20.8 Å². The second kappa shape index (κ2) is 8.30. The Labute approximate surface area is 174 Å². The highest BCUT2D eigenvalue weighted by atomic mass is 127. The molecule has 2 aromatic carbocycles. The highest BCUT2D eigenvalue weighted by Gasteiger charge is 2.24. The molecule has 1 amide bonds. The van der Waals surface area contributed by atoms with Gasteiger partial charge in [-0.25, -0.2) is 8.42 Å². The van der Waals surface area contributed by atoms with Crippen LogP contribution in [0.15, 0.2) is 36.4 Å². The van der Waals surface area contributed by atoms with Crippen LogP contribution in [0.4, 0.5) is 11.4 Å². The van der Waals surface area contributed by atoms with Crippen LogP contribution >= 0.6 is 57.4 Å². The minimum atomic E-state index is -3.78. The largest absolute Gasteiger partial charge is 0.325 e. The highest BCUT2D eigenvalue weighted by Crippen LogP contribution is 2.35. The van der Waals surface area contributed by atoms with E-state index in [0.29, 0.717) is 5.69 Å². The first-order valence-electron chi connectivity index (χ1n) is 6.75. The van der Waals surface area contributed by atoms with E-state index in [2.05, 4.69) is 27.9 Å². The SMILES string of the molecule is CS(=O)(=O)N(CC(=O)Nc1ccc(I)cc1)c1cc(Cl)c(Cl)cc1Cl. The van der Waals surface area contributed by atoms with Gasteiger partial charge in [0.1, 0.15) is 6.54 Å². The van der Waals surface area contributed by atoms with Crippen LogP contribution in [0.5, 0.6) is 0 Å². The number of rotatable bonds is 5. The summed E-state index contributed by atoms with van der Waals surface area (Å²) in [5.74, 6) is -0.520. The fourth-order valence-corrected chi connectivity index (χ4v) is 3.86. The summed E-state index contributed by atoms with van der Waals surface area (Å²) in [7, 11) is -3.78. The first kappa shape index (κ1) is 20.6. The molecule has 2 aromatic rings. The predicted molar refractivity (Wildman–Crippen MR) is 111 cm³/mol. The minimum Gasteiger partial charge on any atom is -0.325 e. The molecule has 25 heavy (non-hydrogen) atoms. The molecule has 0 aliphatic heterocycles. The molecule has 1 N–H and O–H groups in total. The monoisotopic (exact) mass is 532 g/mol. The maximum Gasteiger partial charge on any atom is 0.245 e. The molecule has 0 aromatic heterocycles. The third-order valence-corrected chi connectivity index (χ3v) is 5.94. The zero-order chi connectivity index (χ0) is 18.8. The Balaban J connectivity index is 2.29. The number of carbonyl (C=O) groups excluding carboxylic acids is 1. The average Bonchev–Trinajstić information content (AvgIpc) is 2.50. The van der Waals surface area contributed by atoms with Crippen molar-refractivity contribution in [3.05, 3.63) is 55.0 Å². The molecule has 0 saturated heterocycles. The van der Waals surface area contributed by atoms with Crippen molar-refractivity contribution in [2.45, 2.75) is 0 Å². The van der Waals surface area contributed by atoms with Gasteiger partial charge in [-0.1, -0.05) is 34.8 Å². The molecule has 0 aliphatic rings. The van der Waals surface area contributed by atoms with Crippen molar-refractivity contribution in [3.63, 3.8) is 0 Å². The summed E-state index contributed by atoms with van der Waals surface area (Å²) in [6.45, 7) is -0.456. The summed E-state index contributed by atoms with van der Waals surface area (Å²) in [6, 6.07) is 9.72. The average molecular weight is 534 g/mol. The molecule has 0 bridgehead atoms. The number of anilines is 2. The van der Waals surface area contributed by atoms with Crippen LogP contribution in [0.1, 0.15) is 0 Å². The summed E-state index contributed by atoms with van der Waals surface area (Å²) < 4.78 is 26.1. The molecule has 0 radical (unpaired) electrons. The first-order valence-corrected chi connectivity index (χ1v) is 10.8.